The number of nitrogens with zero attached hydrogens (tertiary/aromatic N) is 2. The molecule has 5 rings (SSSR count). The van der Waals surface area contributed by atoms with Crippen LogP contribution in [-0.2, 0) is 0 Å². The van der Waals surface area contributed by atoms with E-state index in [0.717, 1.165) is 9.13 Å². The van der Waals surface area contributed by atoms with E-state index in [1.807, 2.05) is 24.3 Å². The predicted molar refractivity (Wildman–Crippen MR) is 147 cm³/mol. The number of nitrogens with one attached hydrogen (secondary N) is 2. The first-order chi connectivity index (χ1) is 17.4. The molecule has 0 unspecified atom stereocenters. The number of fused-ring (bicyclic) bond motifs is 1. The van der Waals surface area contributed by atoms with Crippen molar-refractivity contribution in [2.45, 2.75) is 0 Å². The summed E-state index contributed by atoms with van der Waals surface area (Å²) in [7, 11) is 0. The van der Waals surface area contributed by atoms with Crippen LogP contribution in [0.1, 0.15) is 10.6 Å². The van der Waals surface area contributed by atoms with Gasteiger partial charge in [-0.1, -0.05) is 12.1 Å². The lowest BCUT2D eigenvalue weighted by molar-refractivity contribution is -0.384. The second-order valence-corrected chi connectivity index (χ2v) is 9.24. The van der Waals surface area contributed by atoms with Crippen molar-refractivity contribution in [3.63, 3.8) is 0 Å². The van der Waals surface area contributed by atoms with Crippen molar-refractivity contribution in [3.05, 3.63) is 98.3 Å². The smallest absolute Gasteiger partial charge is 0.293 e. The Labute approximate surface area is 222 Å². The van der Waals surface area contributed by atoms with Crippen molar-refractivity contribution in [3.8, 4) is 22.8 Å². The maximum Gasteiger partial charge on any atom is 0.293 e. The highest BCUT2D eigenvalue weighted by molar-refractivity contribution is 14.1. The van der Waals surface area contributed by atoms with E-state index in [9.17, 15) is 14.9 Å². The summed E-state index contributed by atoms with van der Waals surface area (Å²) in [5, 5.41) is 16.6. The zero-order valence-corrected chi connectivity index (χ0v) is 21.2. The maximum atomic E-state index is 12.6. The van der Waals surface area contributed by atoms with Crippen LogP contribution < -0.4 is 10.6 Å². The monoisotopic (exact) mass is 610 g/mol. The number of non-ortho nitro benzene ring substituents is 1. The fraction of sp³-hybridized carbons (Fsp3) is 0. The van der Waals surface area contributed by atoms with Crippen molar-refractivity contribution in [2.75, 3.05) is 5.32 Å². The molecule has 178 valence electrons. The number of hydrogen-bond acceptors (Lipinski definition) is 7. The molecule has 0 saturated carbocycles. The number of carbonyl (C=O) groups excluding carboxylic acids is 1. The molecular weight excluding hydrogens is 595 g/mol. The SMILES string of the molecule is O=C(NC(=S)Nc1ccc2oc(-c3ccc(I)cc3)nc2c1)c1ccc(-c2cccc([N+](=O)[O-])c2)o1. The Kier molecular flexibility index (Phi) is 6.48. The van der Waals surface area contributed by atoms with E-state index in [4.69, 9.17) is 21.1 Å². The van der Waals surface area contributed by atoms with Crippen LogP contribution in [0.3, 0.4) is 0 Å². The Balaban J connectivity index is 1.26. The van der Waals surface area contributed by atoms with E-state index < -0.39 is 10.8 Å². The van der Waals surface area contributed by atoms with Crippen molar-refractivity contribution in [1.29, 1.82) is 0 Å². The second-order valence-electron chi connectivity index (χ2n) is 7.59. The Morgan fingerprint density at radius 3 is 2.56 bits per heavy atom. The summed E-state index contributed by atoms with van der Waals surface area (Å²) in [6.07, 6.45) is 0. The van der Waals surface area contributed by atoms with Gasteiger partial charge in [-0.25, -0.2) is 4.98 Å². The third-order valence-corrected chi connectivity index (χ3v) is 6.06. The van der Waals surface area contributed by atoms with Crippen molar-refractivity contribution in [2.24, 2.45) is 0 Å². The Hall–Kier alpha value is -4.10. The van der Waals surface area contributed by atoms with Crippen LogP contribution in [0.15, 0.2) is 87.7 Å². The van der Waals surface area contributed by atoms with Gasteiger partial charge in [-0.15, -0.1) is 0 Å². The Morgan fingerprint density at radius 2 is 1.78 bits per heavy atom. The molecule has 0 saturated heterocycles. The van der Waals surface area contributed by atoms with Crippen LogP contribution in [0.25, 0.3) is 33.9 Å². The van der Waals surface area contributed by atoms with Gasteiger partial charge in [-0.2, -0.15) is 0 Å². The minimum Gasteiger partial charge on any atom is -0.451 e. The summed E-state index contributed by atoms with van der Waals surface area (Å²) in [5.41, 5.74) is 3.15. The number of rotatable bonds is 5. The van der Waals surface area contributed by atoms with E-state index >= 15 is 0 Å². The van der Waals surface area contributed by atoms with E-state index in [1.165, 1.54) is 18.2 Å². The van der Waals surface area contributed by atoms with E-state index in [1.54, 1.807) is 36.4 Å². The minimum atomic E-state index is -0.562. The molecule has 3 aromatic carbocycles. The molecule has 5 aromatic rings. The molecule has 0 aliphatic carbocycles. The zero-order chi connectivity index (χ0) is 25.2. The molecular formula is C25H15IN4O5S. The number of benzene rings is 3. The summed E-state index contributed by atoms with van der Waals surface area (Å²) in [5.74, 6) is 0.275. The lowest BCUT2D eigenvalue weighted by atomic mass is 10.1. The molecule has 11 heteroatoms. The van der Waals surface area contributed by atoms with Gasteiger partial charge in [0.05, 0.1) is 4.92 Å². The average molecular weight is 610 g/mol. The van der Waals surface area contributed by atoms with Gasteiger partial charge in [0.1, 0.15) is 11.3 Å². The minimum absolute atomic E-state index is 0.00905. The van der Waals surface area contributed by atoms with Gasteiger partial charge in [0, 0.05) is 32.5 Å². The highest BCUT2D eigenvalue weighted by Gasteiger charge is 2.16. The molecule has 2 N–H and O–H groups in total. The second kappa shape index (κ2) is 9.87. The van der Waals surface area contributed by atoms with Gasteiger partial charge >= 0.3 is 0 Å². The molecule has 0 radical (unpaired) electrons. The van der Waals surface area contributed by atoms with Gasteiger partial charge in [0.15, 0.2) is 16.5 Å². The number of nitro benzene ring substituents is 1. The lowest BCUT2D eigenvalue weighted by Gasteiger charge is -2.08. The van der Waals surface area contributed by atoms with Gasteiger partial charge < -0.3 is 14.2 Å². The highest BCUT2D eigenvalue weighted by Crippen LogP contribution is 2.27. The van der Waals surface area contributed by atoms with Crippen molar-refractivity contribution < 1.29 is 18.6 Å². The first-order valence-electron chi connectivity index (χ1n) is 10.5. The third-order valence-electron chi connectivity index (χ3n) is 5.13. The summed E-state index contributed by atoms with van der Waals surface area (Å²) < 4.78 is 12.5. The molecule has 2 heterocycles. The molecule has 0 fully saturated rings. The average Bonchev–Trinajstić information content (AvgIpc) is 3.52. The molecule has 0 aliphatic heterocycles. The summed E-state index contributed by atoms with van der Waals surface area (Å²) in [4.78, 5) is 27.6. The third kappa shape index (κ3) is 5.11. The van der Waals surface area contributed by atoms with Crippen LogP contribution in [0.4, 0.5) is 11.4 Å². The fourth-order valence-electron chi connectivity index (χ4n) is 3.44. The Morgan fingerprint density at radius 1 is 0.972 bits per heavy atom. The number of nitro groups is 1. The lowest BCUT2D eigenvalue weighted by Crippen LogP contribution is -2.33. The van der Waals surface area contributed by atoms with Crippen LogP contribution in [0.5, 0.6) is 0 Å². The van der Waals surface area contributed by atoms with Gasteiger partial charge in [0.2, 0.25) is 5.89 Å². The van der Waals surface area contributed by atoms with E-state index in [0.29, 0.717) is 34.0 Å². The zero-order valence-electron chi connectivity index (χ0n) is 18.2. The van der Waals surface area contributed by atoms with Gasteiger partial charge in [0.25, 0.3) is 11.6 Å². The highest BCUT2D eigenvalue weighted by atomic mass is 127. The molecule has 0 bridgehead atoms. The van der Waals surface area contributed by atoms with Gasteiger partial charge in [-0.3, -0.25) is 20.2 Å². The number of hydrogen-bond donors (Lipinski definition) is 2. The number of carbonyl (C=O) groups is 1. The molecule has 0 aliphatic rings. The standard InChI is InChI=1S/C25H15IN4O5S/c26-16-6-4-14(5-7-16)24-28-19-13-17(8-9-21(19)35-24)27-25(36)29-23(31)22-11-10-20(34-22)15-2-1-3-18(12-15)30(32)33/h1-13H,(H2,27,29,31,36). The quantitative estimate of drug-likeness (QED) is 0.102. The van der Waals surface area contributed by atoms with Crippen LogP contribution in [-0.4, -0.2) is 20.9 Å². The molecule has 0 spiro atoms. The van der Waals surface area contributed by atoms with Crippen LogP contribution in [0.2, 0.25) is 0 Å². The topological polar surface area (TPSA) is 123 Å². The van der Waals surface area contributed by atoms with Crippen molar-refractivity contribution in [1.82, 2.24) is 10.3 Å². The summed E-state index contributed by atoms with van der Waals surface area (Å²) in [6.45, 7) is 0. The number of furan rings is 1. The summed E-state index contributed by atoms with van der Waals surface area (Å²) >= 11 is 7.51. The summed E-state index contributed by atoms with van der Waals surface area (Å²) in [6, 6.07) is 22.1. The maximum absolute atomic E-state index is 12.6. The van der Waals surface area contributed by atoms with Crippen molar-refractivity contribution >= 4 is 68.3 Å². The molecule has 1 amide bonds. The first kappa shape index (κ1) is 23.6. The predicted octanol–water partition coefficient (Wildman–Crippen LogP) is 6.39. The number of thiocarbonyl (C=S) groups is 1. The normalized spacial score (nSPS) is 10.8. The number of anilines is 1. The van der Waals surface area contributed by atoms with E-state index in [2.05, 4.69) is 38.2 Å². The number of amides is 1. The first-order valence-corrected chi connectivity index (χ1v) is 12.0. The largest absolute Gasteiger partial charge is 0.451 e. The molecule has 2 aromatic heterocycles. The Bertz CT molecular complexity index is 1630. The number of oxazole rings is 1. The molecule has 9 nitrogen and oxygen atoms in total. The van der Waals surface area contributed by atoms with Crippen LogP contribution >= 0.6 is 34.8 Å². The molecule has 36 heavy (non-hydrogen) atoms. The number of aromatic nitrogens is 1. The fourth-order valence-corrected chi connectivity index (χ4v) is 4.01. The number of halogens is 1. The van der Waals surface area contributed by atoms with E-state index in [-0.39, 0.29) is 16.6 Å². The molecule has 0 atom stereocenters. The van der Waals surface area contributed by atoms with Gasteiger partial charge in [-0.05, 0) is 89.4 Å². The van der Waals surface area contributed by atoms with Crippen LogP contribution in [0, 0.1) is 13.7 Å².